The third-order valence-corrected chi connectivity index (χ3v) is 3.20. The van der Waals surface area contributed by atoms with Gasteiger partial charge in [0.15, 0.2) is 4.77 Å². The molecule has 1 aromatic heterocycles. The zero-order valence-corrected chi connectivity index (χ0v) is 10.1. The Morgan fingerprint density at radius 1 is 1.53 bits per heavy atom. The standard InChI is InChI=1S/C10H18N4S/c1-7(2)14-9(12-13-10(14)15)8-4-3-5-11-6-8/h7-8,11H,3-6H2,1-2H3,(H,13,15)/t8-/m1/s1. The van der Waals surface area contributed by atoms with E-state index in [4.69, 9.17) is 12.2 Å². The fraction of sp³-hybridized carbons (Fsp3) is 0.800. The molecule has 1 aliphatic rings. The van der Waals surface area contributed by atoms with Crippen LogP contribution >= 0.6 is 12.2 Å². The Bertz CT molecular complexity index is 373. The molecule has 0 aliphatic carbocycles. The summed E-state index contributed by atoms with van der Waals surface area (Å²) in [4.78, 5) is 0. The molecule has 2 rings (SSSR count). The van der Waals surface area contributed by atoms with Crippen LogP contribution in [-0.4, -0.2) is 27.9 Å². The third kappa shape index (κ3) is 2.13. The molecule has 2 heterocycles. The Hall–Kier alpha value is -0.680. The minimum atomic E-state index is 0.383. The van der Waals surface area contributed by atoms with Gasteiger partial charge in [0.05, 0.1) is 0 Å². The van der Waals surface area contributed by atoms with E-state index in [0.29, 0.717) is 12.0 Å². The van der Waals surface area contributed by atoms with Crippen molar-refractivity contribution < 1.29 is 0 Å². The van der Waals surface area contributed by atoms with Crippen LogP contribution in [0.15, 0.2) is 0 Å². The third-order valence-electron chi connectivity index (χ3n) is 2.91. The molecular formula is C10H18N4S. The summed E-state index contributed by atoms with van der Waals surface area (Å²) >= 11 is 5.24. The number of hydrogen-bond acceptors (Lipinski definition) is 3. The van der Waals surface area contributed by atoms with E-state index in [0.717, 1.165) is 23.7 Å². The molecule has 0 saturated carbocycles. The van der Waals surface area contributed by atoms with E-state index < -0.39 is 0 Å². The molecule has 1 aromatic rings. The van der Waals surface area contributed by atoms with Crippen molar-refractivity contribution in [2.75, 3.05) is 13.1 Å². The Kier molecular flexibility index (Phi) is 3.21. The van der Waals surface area contributed by atoms with Gasteiger partial charge in [-0.15, -0.1) is 0 Å². The first kappa shape index (κ1) is 10.8. The lowest BCUT2D eigenvalue weighted by atomic mass is 9.98. The summed E-state index contributed by atoms with van der Waals surface area (Å²) in [5.41, 5.74) is 0. The van der Waals surface area contributed by atoms with E-state index in [-0.39, 0.29) is 0 Å². The molecule has 0 unspecified atom stereocenters. The minimum absolute atomic E-state index is 0.383. The lowest BCUT2D eigenvalue weighted by Gasteiger charge is -2.23. The van der Waals surface area contributed by atoms with Crippen LogP contribution < -0.4 is 5.32 Å². The van der Waals surface area contributed by atoms with Crippen molar-refractivity contribution in [3.8, 4) is 0 Å². The van der Waals surface area contributed by atoms with Crippen molar-refractivity contribution in [2.24, 2.45) is 0 Å². The molecule has 84 valence electrons. The summed E-state index contributed by atoms with van der Waals surface area (Å²) in [5.74, 6) is 1.62. The van der Waals surface area contributed by atoms with Crippen LogP contribution in [0.25, 0.3) is 0 Å². The molecular weight excluding hydrogens is 208 g/mol. The van der Waals surface area contributed by atoms with Crippen LogP contribution in [0.2, 0.25) is 0 Å². The topological polar surface area (TPSA) is 45.6 Å². The van der Waals surface area contributed by atoms with Crippen molar-refractivity contribution in [2.45, 2.75) is 38.6 Å². The number of aromatic amines is 1. The van der Waals surface area contributed by atoms with Gasteiger partial charge in [-0.1, -0.05) is 0 Å². The van der Waals surface area contributed by atoms with E-state index in [9.17, 15) is 0 Å². The number of nitrogens with zero attached hydrogens (tertiary/aromatic N) is 2. The lowest BCUT2D eigenvalue weighted by Crippen LogP contribution is -2.30. The molecule has 2 N–H and O–H groups in total. The maximum Gasteiger partial charge on any atom is 0.195 e. The molecule has 15 heavy (non-hydrogen) atoms. The van der Waals surface area contributed by atoms with Gasteiger partial charge < -0.3 is 9.88 Å². The van der Waals surface area contributed by atoms with Gasteiger partial charge in [-0.05, 0) is 45.5 Å². The monoisotopic (exact) mass is 226 g/mol. The van der Waals surface area contributed by atoms with Crippen molar-refractivity contribution in [3.63, 3.8) is 0 Å². The normalized spacial score (nSPS) is 22.2. The van der Waals surface area contributed by atoms with Gasteiger partial charge in [0.25, 0.3) is 0 Å². The van der Waals surface area contributed by atoms with Crippen molar-refractivity contribution in [1.82, 2.24) is 20.1 Å². The number of H-pyrrole nitrogens is 1. The molecule has 1 aliphatic heterocycles. The van der Waals surface area contributed by atoms with Crippen molar-refractivity contribution in [3.05, 3.63) is 10.6 Å². The zero-order chi connectivity index (χ0) is 10.8. The van der Waals surface area contributed by atoms with E-state index in [1.54, 1.807) is 0 Å². The number of aromatic nitrogens is 3. The van der Waals surface area contributed by atoms with Gasteiger partial charge in [-0.3, -0.25) is 5.10 Å². The van der Waals surface area contributed by atoms with Crippen LogP contribution in [0.4, 0.5) is 0 Å². The summed E-state index contributed by atoms with van der Waals surface area (Å²) in [5, 5.41) is 10.7. The second-order valence-electron chi connectivity index (χ2n) is 4.39. The maximum absolute atomic E-state index is 5.24. The van der Waals surface area contributed by atoms with Gasteiger partial charge in [0.1, 0.15) is 5.82 Å². The quantitative estimate of drug-likeness (QED) is 0.758. The number of piperidine rings is 1. The van der Waals surface area contributed by atoms with Gasteiger partial charge in [-0.2, -0.15) is 5.10 Å². The smallest absolute Gasteiger partial charge is 0.195 e. The van der Waals surface area contributed by atoms with E-state index >= 15 is 0 Å². The highest BCUT2D eigenvalue weighted by Gasteiger charge is 2.21. The van der Waals surface area contributed by atoms with E-state index in [2.05, 4.69) is 33.9 Å². The number of nitrogens with one attached hydrogen (secondary N) is 2. The van der Waals surface area contributed by atoms with Crippen molar-refractivity contribution in [1.29, 1.82) is 0 Å². The van der Waals surface area contributed by atoms with Gasteiger partial charge in [0, 0.05) is 18.5 Å². The molecule has 0 radical (unpaired) electrons. The molecule has 0 bridgehead atoms. The fourth-order valence-corrected chi connectivity index (χ4v) is 2.53. The highest BCUT2D eigenvalue weighted by molar-refractivity contribution is 7.71. The van der Waals surface area contributed by atoms with Gasteiger partial charge >= 0.3 is 0 Å². The fourth-order valence-electron chi connectivity index (χ4n) is 2.18. The van der Waals surface area contributed by atoms with Gasteiger partial charge in [-0.25, -0.2) is 0 Å². The van der Waals surface area contributed by atoms with Crippen LogP contribution in [-0.2, 0) is 0 Å². The van der Waals surface area contributed by atoms with Crippen LogP contribution in [0.1, 0.15) is 44.5 Å². The molecule has 0 aromatic carbocycles. The Morgan fingerprint density at radius 2 is 2.33 bits per heavy atom. The molecule has 1 saturated heterocycles. The SMILES string of the molecule is CC(C)n1c([C@@H]2CCCNC2)n[nH]c1=S. The molecule has 1 atom stereocenters. The Balaban J connectivity index is 2.30. The van der Waals surface area contributed by atoms with Gasteiger partial charge in [0.2, 0.25) is 0 Å². The molecule has 0 spiro atoms. The molecule has 1 fully saturated rings. The first-order chi connectivity index (χ1) is 7.20. The molecule has 0 amide bonds. The van der Waals surface area contributed by atoms with Crippen LogP contribution in [0, 0.1) is 4.77 Å². The van der Waals surface area contributed by atoms with E-state index in [1.165, 1.54) is 12.8 Å². The average Bonchev–Trinajstić information content (AvgIpc) is 2.61. The summed E-state index contributed by atoms with van der Waals surface area (Å²) in [6.45, 7) is 6.44. The first-order valence-corrected chi connectivity index (χ1v) is 5.98. The number of rotatable bonds is 2. The second kappa shape index (κ2) is 4.45. The summed E-state index contributed by atoms with van der Waals surface area (Å²) in [7, 11) is 0. The van der Waals surface area contributed by atoms with Crippen LogP contribution in [0.5, 0.6) is 0 Å². The average molecular weight is 226 g/mol. The number of hydrogen-bond donors (Lipinski definition) is 2. The predicted molar refractivity (Wildman–Crippen MR) is 62.6 cm³/mol. The van der Waals surface area contributed by atoms with E-state index in [1.807, 2.05) is 0 Å². The second-order valence-corrected chi connectivity index (χ2v) is 4.78. The maximum atomic E-state index is 5.24. The van der Waals surface area contributed by atoms with Crippen molar-refractivity contribution >= 4 is 12.2 Å². The zero-order valence-electron chi connectivity index (χ0n) is 9.29. The van der Waals surface area contributed by atoms with Crippen LogP contribution in [0.3, 0.4) is 0 Å². The summed E-state index contributed by atoms with van der Waals surface area (Å²) < 4.78 is 2.87. The lowest BCUT2D eigenvalue weighted by molar-refractivity contribution is 0.421. The largest absolute Gasteiger partial charge is 0.316 e. The Labute approximate surface area is 95.1 Å². The highest BCUT2D eigenvalue weighted by Crippen LogP contribution is 2.23. The summed E-state index contributed by atoms with van der Waals surface area (Å²) in [6, 6.07) is 0.383. The highest BCUT2D eigenvalue weighted by atomic mass is 32.1. The predicted octanol–water partition coefficient (Wildman–Crippen LogP) is 1.99. The summed E-state index contributed by atoms with van der Waals surface area (Å²) in [6.07, 6.45) is 2.43. The molecule has 4 nitrogen and oxygen atoms in total. The minimum Gasteiger partial charge on any atom is -0.316 e. The Morgan fingerprint density at radius 3 is 2.93 bits per heavy atom. The molecule has 5 heteroatoms. The first-order valence-electron chi connectivity index (χ1n) is 5.57.